The topological polar surface area (TPSA) is 76.7 Å². The van der Waals surface area contributed by atoms with Crippen molar-refractivity contribution in [3.05, 3.63) is 42.0 Å². The van der Waals surface area contributed by atoms with E-state index < -0.39 is 12.3 Å². The molecule has 0 spiro atoms. The Balaban J connectivity index is 1.28. The van der Waals surface area contributed by atoms with Crippen LogP contribution in [0.25, 0.3) is 5.65 Å². The molecule has 3 fully saturated rings. The standard InChI is InChI=1S/C23H26F2N6O2/c24-21(25)20-18(12-31(28-20)14-4-2-1-3-5-14)26-23(32)17-6-8-29-9-7-19(27-22(17)29)30-11-16-10-15(30)13-33-16/h6-9,12,14-16,21H,1-5,10-11,13H2,(H,26,32)/t15-,16-/m1/s1. The second-order valence-corrected chi connectivity index (χ2v) is 9.20. The number of ether oxygens (including phenoxy) is 1. The Bertz CT molecular complexity index is 1190. The van der Waals surface area contributed by atoms with Crippen LogP contribution in [0.2, 0.25) is 0 Å². The van der Waals surface area contributed by atoms with Gasteiger partial charge in [-0.1, -0.05) is 19.3 Å². The fraction of sp³-hybridized carbons (Fsp3) is 0.522. The molecule has 3 aromatic rings. The summed E-state index contributed by atoms with van der Waals surface area (Å²) in [5.74, 6) is 0.322. The number of alkyl halides is 2. The SMILES string of the molecule is O=C(Nc1cn(C2CCCCC2)nc1C(F)F)c1ccn2ccc(N3C[C@H]4C[C@@H]3CO4)nc12. The van der Waals surface area contributed by atoms with E-state index in [0.717, 1.165) is 50.9 Å². The molecule has 1 saturated carbocycles. The summed E-state index contributed by atoms with van der Waals surface area (Å²) in [5.41, 5.74) is 0.499. The number of halogens is 2. The van der Waals surface area contributed by atoms with E-state index in [1.807, 2.05) is 12.3 Å². The van der Waals surface area contributed by atoms with E-state index in [2.05, 4.69) is 15.3 Å². The number of amides is 1. The van der Waals surface area contributed by atoms with Crippen molar-refractivity contribution in [3.8, 4) is 0 Å². The highest BCUT2D eigenvalue weighted by molar-refractivity contribution is 6.08. The Labute approximate surface area is 189 Å². The molecule has 33 heavy (non-hydrogen) atoms. The van der Waals surface area contributed by atoms with E-state index in [4.69, 9.17) is 9.72 Å². The Morgan fingerprint density at radius 1 is 1.15 bits per heavy atom. The molecule has 8 nitrogen and oxygen atoms in total. The van der Waals surface area contributed by atoms with E-state index in [1.54, 1.807) is 27.5 Å². The minimum atomic E-state index is -2.77. The van der Waals surface area contributed by atoms with E-state index in [0.29, 0.717) is 23.9 Å². The number of hydrogen-bond donors (Lipinski definition) is 1. The molecule has 2 aliphatic heterocycles. The molecule has 10 heteroatoms. The maximum absolute atomic E-state index is 13.7. The molecule has 3 aliphatic rings. The van der Waals surface area contributed by atoms with Gasteiger partial charge in [0.25, 0.3) is 12.3 Å². The normalized spacial score (nSPS) is 23.2. The van der Waals surface area contributed by atoms with Crippen LogP contribution < -0.4 is 10.2 Å². The number of hydrogen-bond acceptors (Lipinski definition) is 5. The molecule has 0 radical (unpaired) electrons. The van der Waals surface area contributed by atoms with E-state index in [1.165, 1.54) is 0 Å². The smallest absolute Gasteiger partial charge is 0.284 e. The molecule has 0 aromatic carbocycles. The van der Waals surface area contributed by atoms with Gasteiger partial charge < -0.3 is 19.4 Å². The van der Waals surface area contributed by atoms with E-state index in [9.17, 15) is 13.6 Å². The van der Waals surface area contributed by atoms with E-state index >= 15 is 0 Å². The van der Waals surface area contributed by atoms with Gasteiger partial charge >= 0.3 is 0 Å². The predicted molar refractivity (Wildman–Crippen MR) is 118 cm³/mol. The Morgan fingerprint density at radius 3 is 2.70 bits per heavy atom. The van der Waals surface area contributed by atoms with Gasteiger partial charge in [-0.05, 0) is 31.4 Å². The highest BCUT2D eigenvalue weighted by Crippen LogP contribution is 2.34. The van der Waals surface area contributed by atoms with E-state index in [-0.39, 0.29) is 23.5 Å². The summed E-state index contributed by atoms with van der Waals surface area (Å²) in [7, 11) is 0. The minimum Gasteiger partial charge on any atom is -0.374 e. The maximum atomic E-state index is 13.7. The highest BCUT2D eigenvalue weighted by atomic mass is 19.3. The number of carbonyl (C=O) groups excluding carboxylic acids is 1. The number of nitrogens with one attached hydrogen (secondary N) is 1. The lowest BCUT2D eigenvalue weighted by Crippen LogP contribution is -2.37. The molecule has 0 unspecified atom stereocenters. The second-order valence-electron chi connectivity index (χ2n) is 9.20. The van der Waals surface area contributed by atoms with Gasteiger partial charge in [0, 0.05) is 25.1 Å². The third kappa shape index (κ3) is 3.66. The maximum Gasteiger partial charge on any atom is 0.284 e. The summed E-state index contributed by atoms with van der Waals surface area (Å²) in [6, 6.07) is 3.99. The van der Waals surface area contributed by atoms with Crippen LogP contribution in [-0.4, -0.2) is 50.4 Å². The van der Waals surface area contributed by atoms with Crippen molar-refractivity contribution in [3.63, 3.8) is 0 Å². The first-order valence-corrected chi connectivity index (χ1v) is 11.6. The molecule has 2 bridgehead atoms. The van der Waals surface area contributed by atoms with Crippen LogP contribution in [0.3, 0.4) is 0 Å². The van der Waals surface area contributed by atoms with Crippen molar-refractivity contribution in [1.29, 1.82) is 0 Å². The van der Waals surface area contributed by atoms with Gasteiger partial charge in [-0.2, -0.15) is 5.10 Å². The fourth-order valence-electron chi connectivity index (χ4n) is 5.37. The summed E-state index contributed by atoms with van der Waals surface area (Å²) < 4.78 is 36.4. The van der Waals surface area contributed by atoms with Crippen LogP contribution in [0, 0.1) is 0 Å². The first kappa shape index (κ1) is 20.6. The Hall–Kier alpha value is -3.01. The van der Waals surface area contributed by atoms with Gasteiger partial charge in [0.1, 0.15) is 5.82 Å². The van der Waals surface area contributed by atoms with Crippen molar-refractivity contribution >= 4 is 23.1 Å². The van der Waals surface area contributed by atoms with Gasteiger partial charge in [0.15, 0.2) is 11.3 Å². The van der Waals surface area contributed by atoms with Crippen molar-refractivity contribution in [2.75, 3.05) is 23.4 Å². The molecule has 2 atom stereocenters. The number of morpholine rings is 1. The van der Waals surface area contributed by atoms with Crippen LogP contribution in [0.5, 0.6) is 0 Å². The lowest BCUT2D eigenvalue weighted by atomic mass is 9.96. The number of fused-ring (bicyclic) bond motifs is 3. The zero-order valence-corrected chi connectivity index (χ0v) is 18.2. The Morgan fingerprint density at radius 2 is 1.97 bits per heavy atom. The summed E-state index contributed by atoms with van der Waals surface area (Å²) in [6.45, 7) is 1.47. The van der Waals surface area contributed by atoms with Gasteiger partial charge in [-0.25, -0.2) is 13.8 Å². The van der Waals surface area contributed by atoms with Crippen molar-refractivity contribution in [1.82, 2.24) is 19.2 Å². The minimum absolute atomic E-state index is 0.0603. The first-order chi connectivity index (χ1) is 16.1. The van der Waals surface area contributed by atoms with Crippen LogP contribution >= 0.6 is 0 Å². The van der Waals surface area contributed by atoms with Crippen LogP contribution in [0.1, 0.15) is 67.0 Å². The largest absolute Gasteiger partial charge is 0.374 e. The third-order valence-electron chi connectivity index (χ3n) is 7.10. The van der Waals surface area contributed by atoms with Gasteiger partial charge in [-0.3, -0.25) is 9.48 Å². The molecule has 5 heterocycles. The Kier molecular flexibility index (Phi) is 5.05. The quantitative estimate of drug-likeness (QED) is 0.623. The molecule has 1 aliphatic carbocycles. The molecule has 2 saturated heterocycles. The molecule has 1 N–H and O–H groups in total. The predicted octanol–water partition coefficient (Wildman–Crippen LogP) is 4.20. The lowest BCUT2D eigenvalue weighted by Gasteiger charge is -2.27. The van der Waals surface area contributed by atoms with Crippen molar-refractivity contribution in [2.45, 2.75) is 63.1 Å². The van der Waals surface area contributed by atoms with Gasteiger partial charge in [0.2, 0.25) is 0 Å². The summed E-state index contributed by atoms with van der Waals surface area (Å²) in [5, 5.41) is 6.80. The van der Waals surface area contributed by atoms with Crippen LogP contribution in [-0.2, 0) is 4.74 Å². The molecule has 1 amide bonds. The summed E-state index contributed by atoms with van der Waals surface area (Å²) >= 11 is 0. The summed E-state index contributed by atoms with van der Waals surface area (Å²) in [4.78, 5) is 20.1. The van der Waals surface area contributed by atoms with Gasteiger partial charge in [0.05, 0.1) is 36.0 Å². The number of rotatable bonds is 5. The number of anilines is 2. The molecular formula is C23H26F2N6O2. The van der Waals surface area contributed by atoms with Crippen molar-refractivity contribution < 1.29 is 18.3 Å². The number of carbonyl (C=O) groups is 1. The lowest BCUT2D eigenvalue weighted by molar-refractivity contribution is 0.0988. The van der Waals surface area contributed by atoms with Crippen molar-refractivity contribution in [2.24, 2.45) is 0 Å². The average Bonchev–Trinajstić information content (AvgIpc) is 3.61. The second kappa shape index (κ2) is 8.09. The molecular weight excluding hydrogens is 430 g/mol. The molecule has 6 rings (SSSR count). The zero-order valence-electron chi connectivity index (χ0n) is 18.2. The number of aromatic nitrogens is 4. The molecule has 3 aromatic heterocycles. The van der Waals surface area contributed by atoms with Crippen LogP contribution in [0.4, 0.5) is 20.3 Å². The third-order valence-corrected chi connectivity index (χ3v) is 7.10. The first-order valence-electron chi connectivity index (χ1n) is 11.6. The average molecular weight is 456 g/mol. The van der Waals surface area contributed by atoms with Gasteiger partial charge in [-0.15, -0.1) is 0 Å². The number of nitrogens with zero attached hydrogens (tertiary/aromatic N) is 5. The highest BCUT2D eigenvalue weighted by Gasteiger charge is 2.39. The molecule has 174 valence electrons. The van der Waals surface area contributed by atoms with Crippen LogP contribution in [0.15, 0.2) is 30.7 Å². The monoisotopic (exact) mass is 456 g/mol. The fourth-order valence-corrected chi connectivity index (χ4v) is 5.37. The zero-order chi connectivity index (χ0) is 22.5. The summed E-state index contributed by atoms with van der Waals surface area (Å²) in [6.07, 6.45) is 8.73.